The number of alkyl halides is 3. The summed E-state index contributed by atoms with van der Waals surface area (Å²) >= 11 is 0. The predicted octanol–water partition coefficient (Wildman–Crippen LogP) is 0.833. The van der Waals surface area contributed by atoms with Crippen molar-refractivity contribution in [1.29, 1.82) is 0 Å². The number of aromatic nitrogens is 2. The van der Waals surface area contributed by atoms with E-state index in [2.05, 4.69) is 15.6 Å². The van der Waals surface area contributed by atoms with Crippen LogP contribution in [0.3, 0.4) is 0 Å². The molecule has 0 atom stereocenters. The van der Waals surface area contributed by atoms with Gasteiger partial charge in [0.05, 0.1) is 12.7 Å². The van der Waals surface area contributed by atoms with Gasteiger partial charge in [-0.15, -0.1) is 0 Å². The maximum Gasteiger partial charge on any atom is 0.390 e. The molecule has 1 aromatic rings. The Balaban J connectivity index is 2.19. The van der Waals surface area contributed by atoms with E-state index in [-0.39, 0.29) is 18.8 Å². The van der Waals surface area contributed by atoms with E-state index in [0.29, 0.717) is 0 Å². The number of nitrogens with one attached hydrogen (secondary N) is 2. The molecule has 0 aromatic carbocycles. The fraction of sp³-hybridized carbons (Fsp3) is 0.500. The molecule has 20 heavy (non-hydrogen) atoms. The van der Waals surface area contributed by atoms with E-state index in [9.17, 15) is 22.8 Å². The second kappa shape index (κ2) is 6.78. The van der Waals surface area contributed by atoms with Crippen molar-refractivity contribution in [3.63, 3.8) is 0 Å². The minimum Gasteiger partial charge on any atom is -0.476 e. The Kier molecular flexibility index (Phi) is 5.35. The largest absolute Gasteiger partial charge is 0.476 e. The van der Waals surface area contributed by atoms with Crippen LogP contribution in [0.2, 0.25) is 0 Å². The normalized spacial score (nSPS) is 11.2. The fourth-order valence-electron chi connectivity index (χ4n) is 1.27. The first kappa shape index (κ1) is 15.8. The van der Waals surface area contributed by atoms with Crippen LogP contribution in [0.4, 0.5) is 18.0 Å². The highest BCUT2D eigenvalue weighted by atomic mass is 19.4. The van der Waals surface area contributed by atoms with Crippen molar-refractivity contribution in [3.8, 4) is 0 Å². The Morgan fingerprint density at radius 2 is 1.95 bits per heavy atom. The van der Waals surface area contributed by atoms with Crippen molar-refractivity contribution >= 4 is 12.0 Å². The van der Waals surface area contributed by atoms with Crippen LogP contribution >= 0.6 is 0 Å². The van der Waals surface area contributed by atoms with Gasteiger partial charge in [-0.3, -0.25) is 0 Å². The summed E-state index contributed by atoms with van der Waals surface area (Å²) in [6, 6.07) is -0.715. The molecule has 0 bridgehead atoms. The molecule has 7 nitrogen and oxygen atoms in total. The SMILES string of the molecule is O=C(NCCn1cnc(C(=O)O)c1)NCCC(F)(F)F. The quantitative estimate of drug-likeness (QED) is 0.724. The van der Waals surface area contributed by atoms with Gasteiger partial charge in [-0.2, -0.15) is 13.2 Å². The zero-order valence-corrected chi connectivity index (χ0v) is 10.3. The van der Waals surface area contributed by atoms with Crippen molar-refractivity contribution < 1.29 is 27.9 Å². The van der Waals surface area contributed by atoms with Crippen LogP contribution in [0.15, 0.2) is 12.5 Å². The maximum absolute atomic E-state index is 11.8. The van der Waals surface area contributed by atoms with E-state index in [0.717, 1.165) is 0 Å². The van der Waals surface area contributed by atoms with Gasteiger partial charge in [0, 0.05) is 25.8 Å². The molecule has 0 fully saturated rings. The summed E-state index contributed by atoms with van der Waals surface area (Å²) < 4.78 is 36.9. The zero-order valence-electron chi connectivity index (χ0n) is 10.3. The predicted molar refractivity (Wildman–Crippen MR) is 61.3 cm³/mol. The number of imidazole rings is 1. The molecule has 0 unspecified atom stereocenters. The molecule has 0 saturated heterocycles. The number of hydrogen-bond acceptors (Lipinski definition) is 3. The van der Waals surface area contributed by atoms with E-state index < -0.39 is 31.1 Å². The first-order valence-electron chi connectivity index (χ1n) is 5.61. The van der Waals surface area contributed by atoms with Crippen LogP contribution in [0.25, 0.3) is 0 Å². The first-order valence-corrected chi connectivity index (χ1v) is 5.61. The number of hydrogen-bond donors (Lipinski definition) is 3. The Labute approximate surface area is 111 Å². The summed E-state index contributed by atoms with van der Waals surface area (Å²) in [5, 5.41) is 13.0. The highest BCUT2D eigenvalue weighted by Crippen LogP contribution is 2.17. The molecular weight excluding hydrogens is 281 g/mol. The minimum absolute atomic E-state index is 0.125. The maximum atomic E-state index is 11.8. The van der Waals surface area contributed by atoms with Crippen molar-refractivity contribution in [2.75, 3.05) is 13.1 Å². The molecule has 0 aliphatic carbocycles. The number of carboxylic acid groups (broad SMARTS) is 1. The summed E-state index contributed by atoms with van der Waals surface area (Å²) in [6.07, 6.45) is -2.83. The molecule has 0 spiro atoms. The molecule has 2 amide bonds. The van der Waals surface area contributed by atoms with E-state index >= 15 is 0 Å². The lowest BCUT2D eigenvalue weighted by Gasteiger charge is -2.09. The third kappa shape index (κ3) is 6.07. The molecule has 1 aromatic heterocycles. The van der Waals surface area contributed by atoms with E-state index in [1.165, 1.54) is 17.1 Å². The van der Waals surface area contributed by atoms with E-state index in [1.54, 1.807) is 0 Å². The third-order valence-electron chi connectivity index (χ3n) is 2.20. The average molecular weight is 294 g/mol. The fourth-order valence-corrected chi connectivity index (χ4v) is 1.27. The van der Waals surface area contributed by atoms with Gasteiger partial charge in [0.25, 0.3) is 0 Å². The average Bonchev–Trinajstić information content (AvgIpc) is 2.76. The molecule has 0 radical (unpaired) electrons. The smallest absolute Gasteiger partial charge is 0.390 e. The summed E-state index contributed by atoms with van der Waals surface area (Å²) in [7, 11) is 0. The number of nitrogens with zero attached hydrogens (tertiary/aromatic N) is 2. The number of carbonyl (C=O) groups excluding carboxylic acids is 1. The van der Waals surface area contributed by atoms with Crippen LogP contribution in [0, 0.1) is 0 Å². The van der Waals surface area contributed by atoms with Crippen LogP contribution in [0.5, 0.6) is 0 Å². The standard InChI is InChI=1S/C10H13F3N4O3/c11-10(12,13)1-2-14-9(20)15-3-4-17-5-7(8(18)19)16-6-17/h5-6H,1-4H2,(H,18,19)(H2,14,15,20). The highest BCUT2D eigenvalue weighted by Gasteiger charge is 2.26. The molecule has 0 aliphatic rings. The summed E-state index contributed by atoms with van der Waals surface area (Å²) in [4.78, 5) is 25.3. The molecule has 10 heteroatoms. The number of carboxylic acids is 1. The van der Waals surface area contributed by atoms with Crippen LogP contribution in [0.1, 0.15) is 16.9 Å². The minimum atomic E-state index is -4.31. The number of halogens is 3. The Morgan fingerprint density at radius 1 is 1.30 bits per heavy atom. The van der Waals surface area contributed by atoms with Crippen LogP contribution < -0.4 is 10.6 Å². The molecule has 1 rings (SSSR count). The monoisotopic (exact) mass is 294 g/mol. The van der Waals surface area contributed by atoms with E-state index in [4.69, 9.17) is 5.11 Å². The summed E-state index contributed by atoms with van der Waals surface area (Å²) in [5.74, 6) is -1.17. The van der Waals surface area contributed by atoms with Gasteiger partial charge in [0.1, 0.15) is 0 Å². The topological polar surface area (TPSA) is 96.2 Å². The Bertz CT molecular complexity index is 473. The molecule has 0 saturated carbocycles. The van der Waals surface area contributed by atoms with E-state index in [1.807, 2.05) is 0 Å². The van der Waals surface area contributed by atoms with Gasteiger partial charge in [-0.05, 0) is 0 Å². The zero-order chi connectivity index (χ0) is 15.2. The van der Waals surface area contributed by atoms with Crippen molar-refractivity contribution in [2.24, 2.45) is 0 Å². The van der Waals surface area contributed by atoms with Crippen molar-refractivity contribution in [1.82, 2.24) is 20.2 Å². The van der Waals surface area contributed by atoms with Gasteiger partial charge < -0.3 is 20.3 Å². The van der Waals surface area contributed by atoms with Gasteiger partial charge in [0.2, 0.25) is 0 Å². The molecule has 112 valence electrons. The van der Waals surface area contributed by atoms with Crippen LogP contribution in [-0.4, -0.2) is 45.9 Å². The van der Waals surface area contributed by atoms with Gasteiger partial charge in [0.15, 0.2) is 5.69 Å². The Hall–Kier alpha value is -2.26. The molecular formula is C10H13F3N4O3. The van der Waals surface area contributed by atoms with Crippen molar-refractivity contribution in [2.45, 2.75) is 19.1 Å². The van der Waals surface area contributed by atoms with Crippen molar-refractivity contribution in [3.05, 3.63) is 18.2 Å². The first-order chi connectivity index (χ1) is 9.28. The number of carbonyl (C=O) groups is 2. The Morgan fingerprint density at radius 3 is 2.50 bits per heavy atom. The van der Waals surface area contributed by atoms with Gasteiger partial charge in [-0.25, -0.2) is 14.6 Å². The summed E-state index contributed by atoms with van der Waals surface area (Å²) in [5.41, 5.74) is -0.125. The molecule has 0 aliphatic heterocycles. The van der Waals surface area contributed by atoms with Crippen LogP contribution in [-0.2, 0) is 6.54 Å². The number of amides is 2. The number of rotatable bonds is 6. The lowest BCUT2D eigenvalue weighted by Crippen LogP contribution is -2.38. The van der Waals surface area contributed by atoms with Gasteiger partial charge >= 0.3 is 18.2 Å². The molecule has 3 N–H and O–H groups in total. The molecule has 1 heterocycles. The second-order valence-electron chi connectivity index (χ2n) is 3.85. The third-order valence-corrected chi connectivity index (χ3v) is 2.20. The number of urea groups is 1. The lowest BCUT2D eigenvalue weighted by molar-refractivity contribution is -0.132. The highest BCUT2D eigenvalue weighted by molar-refractivity contribution is 5.84. The van der Waals surface area contributed by atoms with Gasteiger partial charge in [-0.1, -0.05) is 0 Å². The number of aromatic carboxylic acids is 1. The second-order valence-corrected chi connectivity index (χ2v) is 3.85. The lowest BCUT2D eigenvalue weighted by atomic mass is 10.4. The summed E-state index contributed by atoms with van der Waals surface area (Å²) in [6.45, 7) is -0.107.